The van der Waals surface area contributed by atoms with E-state index in [1.165, 1.54) is 0 Å². The molecule has 0 heterocycles. The van der Waals surface area contributed by atoms with Crippen LogP contribution in [0.1, 0.15) is 0 Å². The Hall–Kier alpha value is -0.600. The van der Waals surface area contributed by atoms with Gasteiger partial charge in [0, 0.05) is 0 Å². The smallest absolute Gasteiger partial charge is 0.233 e. The Morgan fingerprint density at radius 1 is 1.89 bits per heavy atom. The standard InChI is InChI=1S/C4H8NO3P/c1-2-3(4(5)6)9(7)8/h2-3,9H,1H2,(H2,5,6)(H,7,8). The molecule has 3 N–H and O–H groups in total. The summed E-state index contributed by atoms with van der Waals surface area (Å²) in [5.41, 5.74) is 3.63. The number of nitrogens with two attached hydrogens (primary N) is 1. The summed E-state index contributed by atoms with van der Waals surface area (Å²) in [5.74, 6) is -0.809. The highest BCUT2D eigenvalue weighted by Crippen LogP contribution is 2.21. The maximum atomic E-state index is 10.2. The number of amides is 1. The van der Waals surface area contributed by atoms with Gasteiger partial charge in [0.05, 0.1) is 0 Å². The normalized spacial score (nSPS) is 16.1. The molecule has 4 nitrogen and oxygen atoms in total. The summed E-state index contributed by atoms with van der Waals surface area (Å²) in [5, 5.41) is 0. The van der Waals surface area contributed by atoms with Gasteiger partial charge in [-0.3, -0.25) is 9.36 Å². The highest BCUT2D eigenvalue weighted by molar-refractivity contribution is 7.40. The van der Waals surface area contributed by atoms with Gasteiger partial charge in [-0.1, -0.05) is 6.08 Å². The van der Waals surface area contributed by atoms with Crippen molar-refractivity contribution in [1.29, 1.82) is 0 Å². The largest absolute Gasteiger partial charge is 0.369 e. The lowest BCUT2D eigenvalue weighted by molar-refractivity contribution is -0.116. The molecule has 2 unspecified atom stereocenters. The van der Waals surface area contributed by atoms with Gasteiger partial charge in [0.2, 0.25) is 13.9 Å². The van der Waals surface area contributed by atoms with Crippen LogP contribution in [0.15, 0.2) is 12.7 Å². The van der Waals surface area contributed by atoms with Crippen molar-refractivity contribution in [3.63, 3.8) is 0 Å². The van der Waals surface area contributed by atoms with Gasteiger partial charge in [-0.25, -0.2) is 0 Å². The molecular formula is C4H8NO3P. The van der Waals surface area contributed by atoms with Crippen LogP contribution in [0, 0.1) is 0 Å². The second kappa shape index (κ2) is 3.43. The van der Waals surface area contributed by atoms with E-state index in [1.54, 1.807) is 0 Å². The molecule has 0 bridgehead atoms. The lowest BCUT2D eigenvalue weighted by atomic mass is 10.4. The van der Waals surface area contributed by atoms with Crippen LogP contribution >= 0.6 is 8.03 Å². The molecule has 0 aromatic heterocycles. The molecule has 0 saturated carbocycles. The Balaban J connectivity index is 4.16. The predicted octanol–water partition coefficient (Wildman–Crippen LogP) is -0.507. The lowest BCUT2D eigenvalue weighted by Crippen LogP contribution is -2.23. The summed E-state index contributed by atoms with van der Waals surface area (Å²) < 4.78 is 10.2. The summed E-state index contributed by atoms with van der Waals surface area (Å²) in [6, 6.07) is 0. The minimum Gasteiger partial charge on any atom is -0.369 e. The predicted molar refractivity (Wildman–Crippen MR) is 34.4 cm³/mol. The topological polar surface area (TPSA) is 80.4 Å². The number of rotatable bonds is 3. The first-order chi connectivity index (χ1) is 4.09. The van der Waals surface area contributed by atoms with Crippen LogP contribution < -0.4 is 5.73 Å². The molecule has 5 heteroatoms. The molecule has 0 aliphatic rings. The van der Waals surface area contributed by atoms with Crippen LogP contribution in [0.5, 0.6) is 0 Å². The van der Waals surface area contributed by atoms with E-state index < -0.39 is 19.6 Å². The number of hydrogen-bond donors (Lipinski definition) is 2. The summed E-state index contributed by atoms with van der Waals surface area (Å²) in [6.07, 6.45) is 1.07. The van der Waals surface area contributed by atoms with Crippen LogP contribution in [-0.4, -0.2) is 16.5 Å². The summed E-state index contributed by atoms with van der Waals surface area (Å²) in [4.78, 5) is 18.5. The third kappa shape index (κ3) is 2.44. The van der Waals surface area contributed by atoms with Gasteiger partial charge in [-0.05, 0) is 0 Å². The molecule has 1 amide bonds. The van der Waals surface area contributed by atoms with Crippen molar-refractivity contribution in [3.05, 3.63) is 12.7 Å². The minimum atomic E-state index is -2.87. The summed E-state index contributed by atoms with van der Waals surface area (Å²) in [6.45, 7) is 3.17. The fourth-order valence-corrected chi connectivity index (χ4v) is 0.784. The highest BCUT2D eigenvalue weighted by Gasteiger charge is 2.15. The first kappa shape index (κ1) is 8.40. The van der Waals surface area contributed by atoms with E-state index in [0.717, 1.165) is 6.08 Å². The number of primary amides is 1. The third-order valence-corrected chi connectivity index (χ3v) is 1.86. The Morgan fingerprint density at radius 3 is 2.33 bits per heavy atom. The van der Waals surface area contributed by atoms with E-state index >= 15 is 0 Å². The highest BCUT2D eigenvalue weighted by atomic mass is 31.1. The van der Waals surface area contributed by atoms with Crippen molar-refractivity contribution in [3.8, 4) is 0 Å². The zero-order valence-electron chi connectivity index (χ0n) is 4.70. The number of hydrogen-bond acceptors (Lipinski definition) is 2. The maximum Gasteiger partial charge on any atom is 0.233 e. The first-order valence-corrected chi connectivity index (χ1v) is 3.67. The Morgan fingerprint density at radius 2 is 2.33 bits per heavy atom. The molecule has 0 rings (SSSR count). The minimum absolute atomic E-state index is 0.809. The molecule has 0 saturated heterocycles. The molecule has 9 heavy (non-hydrogen) atoms. The van der Waals surface area contributed by atoms with E-state index in [-0.39, 0.29) is 0 Å². The van der Waals surface area contributed by atoms with Crippen molar-refractivity contribution in [2.75, 3.05) is 0 Å². The molecule has 0 aromatic rings. The number of carbonyl (C=O) groups excluding carboxylic acids is 1. The van der Waals surface area contributed by atoms with Crippen LogP contribution in [0.3, 0.4) is 0 Å². The second-order valence-electron chi connectivity index (χ2n) is 1.45. The number of carbonyl (C=O) groups is 1. The average Bonchev–Trinajstić information content (AvgIpc) is 1.64. The molecule has 0 aliphatic heterocycles. The lowest BCUT2D eigenvalue weighted by Gasteiger charge is -1.99. The molecule has 0 aromatic carbocycles. The van der Waals surface area contributed by atoms with Gasteiger partial charge in [-0.15, -0.1) is 6.58 Å². The van der Waals surface area contributed by atoms with Crippen molar-refractivity contribution in [2.45, 2.75) is 5.66 Å². The van der Waals surface area contributed by atoms with Gasteiger partial charge in [0.25, 0.3) is 0 Å². The second-order valence-corrected chi connectivity index (χ2v) is 2.75. The molecule has 0 fully saturated rings. The van der Waals surface area contributed by atoms with Crippen molar-refractivity contribution in [1.82, 2.24) is 0 Å². The van der Waals surface area contributed by atoms with Crippen molar-refractivity contribution < 1.29 is 14.3 Å². The Labute approximate surface area is 53.2 Å². The van der Waals surface area contributed by atoms with E-state index in [2.05, 4.69) is 6.58 Å². The van der Waals surface area contributed by atoms with Gasteiger partial charge < -0.3 is 10.6 Å². The zero-order chi connectivity index (χ0) is 7.44. The summed E-state index contributed by atoms with van der Waals surface area (Å²) >= 11 is 0. The molecule has 2 atom stereocenters. The van der Waals surface area contributed by atoms with Gasteiger partial charge in [0.1, 0.15) is 5.66 Å². The van der Waals surface area contributed by atoms with E-state index in [4.69, 9.17) is 10.6 Å². The van der Waals surface area contributed by atoms with Crippen LogP contribution in [-0.2, 0) is 9.36 Å². The van der Waals surface area contributed by atoms with Gasteiger partial charge >= 0.3 is 0 Å². The molecular weight excluding hydrogens is 141 g/mol. The molecule has 0 radical (unpaired) electrons. The van der Waals surface area contributed by atoms with Crippen molar-refractivity contribution >= 4 is 13.9 Å². The van der Waals surface area contributed by atoms with E-state index in [0.29, 0.717) is 0 Å². The Bertz CT molecular complexity index is 142. The summed E-state index contributed by atoms with van der Waals surface area (Å²) in [7, 11) is -2.87. The van der Waals surface area contributed by atoms with Crippen LogP contribution in [0.2, 0.25) is 0 Å². The van der Waals surface area contributed by atoms with Crippen LogP contribution in [0.25, 0.3) is 0 Å². The Kier molecular flexibility index (Phi) is 3.20. The average molecular weight is 149 g/mol. The molecule has 52 valence electrons. The van der Waals surface area contributed by atoms with Crippen molar-refractivity contribution in [2.24, 2.45) is 5.73 Å². The fourth-order valence-electron chi connectivity index (χ4n) is 0.339. The van der Waals surface area contributed by atoms with E-state index in [9.17, 15) is 9.36 Å². The van der Waals surface area contributed by atoms with Crippen LogP contribution in [0.4, 0.5) is 0 Å². The molecule has 0 spiro atoms. The van der Waals surface area contributed by atoms with Gasteiger partial charge in [0.15, 0.2) is 0 Å². The third-order valence-electron chi connectivity index (χ3n) is 0.808. The maximum absolute atomic E-state index is 10.2. The SMILES string of the molecule is C=CC(C(N)=O)[PH](=O)O. The quantitative estimate of drug-likeness (QED) is 0.419. The zero-order valence-corrected chi connectivity index (χ0v) is 5.70. The first-order valence-electron chi connectivity index (χ1n) is 2.24. The fraction of sp³-hybridized carbons (Fsp3) is 0.250. The molecule has 0 aliphatic carbocycles. The van der Waals surface area contributed by atoms with E-state index in [1.807, 2.05) is 0 Å². The van der Waals surface area contributed by atoms with Gasteiger partial charge in [-0.2, -0.15) is 0 Å². The monoisotopic (exact) mass is 149 g/mol.